The van der Waals surface area contributed by atoms with E-state index in [1.54, 1.807) is 6.92 Å². The third-order valence-corrected chi connectivity index (χ3v) is 2.64. The van der Waals surface area contributed by atoms with E-state index in [2.05, 4.69) is 4.74 Å². The summed E-state index contributed by atoms with van der Waals surface area (Å²) in [5.74, 6) is -1.50. The van der Waals surface area contributed by atoms with Crippen LogP contribution in [0.15, 0.2) is 12.1 Å². The molecule has 8 heteroatoms. The van der Waals surface area contributed by atoms with Gasteiger partial charge in [0, 0.05) is 12.0 Å². The minimum absolute atomic E-state index is 0.0516. The number of nitro benzene ring substituents is 1. The molecule has 0 amide bonds. The van der Waals surface area contributed by atoms with Crippen molar-refractivity contribution in [1.29, 1.82) is 0 Å². The van der Waals surface area contributed by atoms with Crippen molar-refractivity contribution in [2.75, 3.05) is 20.8 Å². The van der Waals surface area contributed by atoms with Crippen LogP contribution in [0.4, 0.5) is 5.69 Å². The Morgan fingerprint density at radius 2 is 1.76 bits per heavy atom. The molecule has 114 valence electrons. The molecule has 0 bridgehead atoms. The lowest BCUT2D eigenvalue weighted by Gasteiger charge is -2.10. The highest BCUT2D eigenvalue weighted by molar-refractivity contribution is 6.34. The molecule has 0 aliphatic carbocycles. The molecule has 0 saturated heterocycles. The first kappa shape index (κ1) is 16.4. The van der Waals surface area contributed by atoms with Crippen molar-refractivity contribution in [3.05, 3.63) is 27.8 Å². The lowest BCUT2D eigenvalue weighted by molar-refractivity contribution is -0.385. The summed E-state index contributed by atoms with van der Waals surface area (Å²) in [5, 5.41) is 11.0. The number of ether oxygens (including phenoxy) is 3. The van der Waals surface area contributed by atoms with Crippen LogP contribution in [0.2, 0.25) is 0 Å². The number of carbonyl (C=O) groups is 2. The summed E-state index contributed by atoms with van der Waals surface area (Å²) in [6.45, 7) is 1.61. The third-order valence-electron chi connectivity index (χ3n) is 2.64. The first-order valence-corrected chi connectivity index (χ1v) is 6.03. The minimum Gasteiger partial charge on any atom is -0.493 e. The fraction of sp³-hybridized carbons (Fsp3) is 0.385. The van der Waals surface area contributed by atoms with Crippen LogP contribution in [-0.4, -0.2) is 37.5 Å². The summed E-state index contributed by atoms with van der Waals surface area (Å²) in [4.78, 5) is 33.4. The van der Waals surface area contributed by atoms with Crippen molar-refractivity contribution >= 4 is 17.4 Å². The standard InChI is InChI=1S/C13H15NO7/c1-4-21-13(16)10(15)5-8-6-11(19-2)12(20-3)7-9(8)14(17)18/h6-7H,4-5H2,1-3H3. The van der Waals surface area contributed by atoms with E-state index in [9.17, 15) is 19.7 Å². The number of methoxy groups -OCH3 is 2. The molecule has 21 heavy (non-hydrogen) atoms. The Hall–Kier alpha value is -2.64. The van der Waals surface area contributed by atoms with E-state index >= 15 is 0 Å². The number of rotatable bonds is 7. The summed E-state index contributed by atoms with van der Waals surface area (Å²) in [5.41, 5.74) is -0.277. The second kappa shape index (κ2) is 7.22. The number of hydrogen-bond donors (Lipinski definition) is 0. The fourth-order valence-corrected chi connectivity index (χ4v) is 1.68. The van der Waals surface area contributed by atoms with Crippen LogP contribution in [0.1, 0.15) is 12.5 Å². The van der Waals surface area contributed by atoms with Crippen LogP contribution in [0, 0.1) is 10.1 Å². The van der Waals surface area contributed by atoms with Gasteiger partial charge in [-0.05, 0) is 13.0 Å². The Morgan fingerprint density at radius 1 is 1.19 bits per heavy atom. The molecule has 0 aliphatic rings. The number of hydrogen-bond acceptors (Lipinski definition) is 7. The number of nitro groups is 1. The maximum absolute atomic E-state index is 11.7. The number of ketones is 1. The predicted molar refractivity (Wildman–Crippen MR) is 71.5 cm³/mol. The molecule has 0 N–H and O–H groups in total. The number of nitrogens with zero attached hydrogens (tertiary/aromatic N) is 1. The second-order valence-corrected chi connectivity index (χ2v) is 3.91. The Morgan fingerprint density at radius 3 is 2.24 bits per heavy atom. The van der Waals surface area contributed by atoms with E-state index in [4.69, 9.17) is 9.47 Å². The lowest BCUT2D eigenvalue weighted by Crippen LogP contribution is -2.20. The summed E-state index contributed by atoms with van der Waals surface area (Å²) < 4.78 is 14.6. The molecule has 8 nitrogen and oxygen atoms in total. The predicted octanol–water partition coefficient (Wildman–Crippen LogP) is 1.29. The molecular weight excluding hydrogens is 282 g/mol. The summed E-state index contributed by atoms with van der Waals surface area (Å²) in [6, 6.07) is 2.45. The maximum atomic E-state index is 11.7. The quantitative estimate of drug-likeness (QED) is 0.323. The van der Waals surface area contributed by atoms with Crippen molar-refractivity contribution in [2.24, 2.45) is 0 Å². The van der Waals surface area contributed by atoms with Gasteiger partial charge in [0.05, 0.1) is 31.8 Å². The van der Waals surface area contributed by atoms with Gasteiger partial charge in [0.25, 0.3) is 5.69 Å². The zero-order chi connectivity index (χ0) is 16.0. The number of Topliss-reactive ketones (excluding diaryl/α,β-unsaturated/α-hetero) is 1. The van der Waals surface area contributed by atoms with Gasteiger partial charge in [-0.3, -0.25) is 14.9 Å². The van der Waals surface area contributed by atoms with Crippen LogP contribution in [-0.2, 0) is 20.7 Å². The number of carbonyl (C=O) groups excluding carboxylic acids is 2. The van der Waals surface area contributed by atoms with Crippen molar-refractivity contribution < 1.29 is 28.7 Å². The molecular formula is C13H15NO7. The normalized spacial score (nSPS) is 9.86. The van der Waals surface area contributed by atoms with E-state index < -0.39 is 23.1 Å². The third kappa shape index (κ3) is 3.91. The van der Waals surface area contributed by atoms with E-state index in [1.807, 2.05) is 0 Å². The summed E-state index contributed by atoms with van der Waals surface area (Å²) in [6.07, 6.45) is -0.449. The van der Waals surface area contributed by atoms with Crippen LogP contribution < -0.4 is 9.47 Å². The average molecular weight is 297 g/mol. The summed E-state index contributed by atoms with van der Waals surface area (Å²) >= 11 is 0. The lowest BCUT2D eigenvalue weighted by atomic mass is 10.1. The zero-order valence-corrected chi connectivity index (χ0v) is 11.9. The molecule has 0 radical (unpaired) electrons. The first-order chi connectivity index (χ1) is 9.94. The molecule has 0 unspecified atom stereocenters. The van der Waals surface area contributed by atoms with Crippen LogP contribution >= 0.6 is 0 Å². The maximum Gasteiger partial charge on any atom is 0.374 e. The average Bonchev–Trinajstić information content (AvgIpc) is 2.46. The van der Waals surface area contributed by atoms with Gasteiger partial charge in [-0.25, -0.2) is 4.79 Å². The van der Waals surface area contributed by atoms with Gasteiger partial charge >= 0.3 is 5.97 Å². The van der Waals surface area contributed by atoms with Crippen molar-refractivity contribution in [1.82, 2.24) is 0 Å². The molecule has 1 aromatic carbocycles. The van der Waals surface area contributed by atoms with Gasteiger partial charge in [0.1, 0.15) is 0 Å². The molecule has 1 aromatic rings. The Bertz CT molecular complexity index is 568. The first-order valence-electron chi connectivity index (χ1n) is 6.03. The van der Waals surface area contributed by atoms with Crippen molar-refractivity contribution in [2.45, 2.75) is 13.3 Å². The van der Waals surface area contributed by atoms with Gasteiger partial charge in [0.2, 0.25) is 5.78 Å². The molecule has 0 spiro atoms. The van der Waals surface area contributed by atoms with E-state index in [0.717, 1.165) is 6.07 Å². The molecule has 0 heterocycles. The highest BCUT2D eigenvalue weighted by atomic mass is 16.6. The molecule has 0 aliphatic heterocycles. The summed E-state index contributed by atoms with van der Waals surface area (Å²) in [7, 11) is 2.70. The SMILES string of the molecule is CCOC(=O)C(=O)Cc1cc(OC)c(OC)cc1[N+](=O)[O-]. The Balaban J connectivity index is 3.18. The van der Waals surface area contributed by atoms with Crippen molar-refractivity contribution in [3.63, 3.8) is 0 Å². The molecule has 0 aromatic heterocycles. The molecule has 0 atom stereocenters. The highest BCUT2D eigenvalue weighted by Crippen LogP contribution is 2.34. The van der Waals surface area contributed by atoms with Gasteiger partial charge in [0.15, 0.2) is 11.5 Å². The van der Waals surface area contributed by atoms with E-state index in [0.29, 0.717) is 0 Å². The second-order valence-electron chi connectivity index (χ2n) is 3.91. The molecule has 1 rings (SSSR count). The van der Waals surface area contributed by atoms with E-state index in [1.165, 1.54) is 20.3 Å². The fourth-order valence-electron chi connectivity index (χ4n) is 1.68. The Labute approximate surface area is 120 Å². The highest BCUT2D eigenvalue weighted by Gasteiger charge is 2.24. The van der Waals surface area contributed by atoms with Crippen LogP contribution in [0.25, 0.3) is 0 Å². The monoisotopic (exact) mass is 297 g/mol. The zero-order valence-electron chi connectivity index (χ0n) is 11.9. The van der Waals surface area contributed by atoms with Gasteiger partial charge < -0.3 is 14.2 Å². The largest absolute Gasteiger partial charge is 0.493 e. The van der Waals surface area contributed by atoms with Crippen LogP contribution in [0.5, 0.6) is 11.5 Å². The smallest absolute Gasteiger partial charge is 0.374 e. The molecule has 0 fully saturated rings. The van der Waals surface area contributed by atoms with Gasteiger partial charge in [-0.15, -0.1) is 0 Å². The van der Waals surface area contributed by atoms with E-state index in [-0.39, 0.29) is 29.4 Å². The number of benzene rings is 1. The topological polar surface area (TPSA) is 105 Å². The van der Waals surface area contributed by atoms with Gasteiger partial charge in [-0.2, -0.15) is 0 Å². The Kier molecular flexibility index (Phi) is 5.65. The molecule has 0 saturated carbocycles. The van der Waals surface area contributed by atoms with Gasteiger partial charge in [-0.1, -0.05) is 0 Å². The van der Waals surface area contributed by atoms with Crippen molar-refractivity contribution in [3.8, 4) is 11.5 Å². The number of esters is 1. The minimum atomic E-state index is -1.03. The van der Waals surface area contributed by atoms with Crippen LogP contribution in [0.3, 0.4) is 0 Å².